The summed E-state index contributed by atoms with van der Waals surface area (Å²) in [6.45, 7) is 3.94. The van der Waals surface area contributed by atoms with Crippen LogP contribution >= 0.6 is 11.8 Å². The minimum Gasteiger partial charge on any atom is -0.480 e. The molecule has 8 heteroatoms. The number of nitrogens with zero attached hydrogens (tertiary/aromatic N) is 2. The Morgan fingerprint density at radius 3 is 2.95 bits per heavy atom. The van der Waals surface area contributed by atoms with Crippen molar-refractivity contribution in [1.82, 2.24) is 15.2 Å². The molecule has 0 spiro atoms. The molecule has 116 valence electrons. The fraction of sp³-hybridized carbons (Fsp3) is 0.615. The summed E-state index contributed by atoms with van der Waals surface area (Å²) in [5, 5.41) is 11.8. The van der Waals surface area contributed by atoms with Gasteiger partial charge in [0.05, 0.1) is 18.1 Å². The molecule has 0 bridgehead atoms. The maximum atomic E-state index is 12.3. The molecule has 2 unspecified atom stereocenters. The number of carbonyl (C=O) groups is 2. The van der Waals surface area contributed by atoms with Gasteiger partial charge in [-0.25, -0.2) is 14.6 Å². The number of carboxylic acids is 1. The van der Waals surface area contributed by atoms with Gasteiger partial charge in [0.15, 0.2) is 0 Å². The zero-order chi connectivity index (χ0) is 15.4. The lowest BCUT2D eigenvalue weighted by Crippen LogP contribution is -2.50. The summed E-state index contributed by atoms with van der Waals surface area (Å²) in [6.07, 6.45) is 3.25. The quantitative estimate of drug-likeness (QED) is 0.861. The first-order valence-electron chi connectivity index (χ1n) is 6.84. The maximum absolute atomic E-state index is 12.3. The van der Waals surface area contributed by atoms with Crippen LogP contribution in [-0.4, -0.2) is 44.2 Å². The van der Waals surface area contributed by atoms with Crippen LogP contribution in [-0.2, 0) is 11.3 Å². The Morgan fingerprint density at radius 1 is 1.62 bits per heavy atom. The monoisotopic (exact) mass is 313 g/mol. The fourth-order valence-corrected chi connectivity index (χ4v) is 3.73. The number of hydrogen-bond acceptors (Lipinski definition) is 5. The Morgan fingerprint density at radius 2 is 2.38 bits per heavy atom. The topological polar surface area (TPSA) is 95.7 Å². The van der Waals surface area contributed by atoms with E-state index in [9.17, 15) is 14.7 Å². The average molecular weight is 313 g/mol. The summed E-state index contributed by atoms with van der Waals surface area (Å²) in [4.78, 5) is 29.0. The largest absolute Gasteiger partial charge is 0.480 e. The number of aromatic nitrogens is 1. The lowest BCUT2D eigenvalue weighted by molar-refractivity contribution is -0.141. The lowest BCUT2D eigenvalue weighted by atomic mass is 10.2. The van der Waals surface area contributed by atoms with Crippen LogP contribution in [0.5, 0.6) is 0 Å². The Hall–Kier alpha value is -1.70. The van der Waals surface area contributed by atoms with Gasteiger partial charge in [-0.15, -0.1) is 11.8 Å². The lowest BCUT2D eigenvalue weighted by Gasteiger charge is -2.27. The van der Waals surface area contributed by atoms with Gasteiger partial charge >= 0.3 is 12.0 Å². The van der Waals surface area contributed by atoms with Gasteiger partial charge in [0.1, 0.15) is 11.8 Å². The molecule has 1 aliphatic rings. The zero-order valence-corrected chi connectivity index (χ0v) is 12.9. The Kier molecular flexibility index (Phi) is 5.11. The van der Waals surface area contributed by atoms with Crippen molar-refractivity contribution >= 4 is 23.8 Å². The third kappa shape index (κ3) is 3.69. The van der Waals surface area contributed by atoms with Crippen LogP contribution in [0.1, 0.15) is 31.4 Å². The Labute approximate surface area is 127 Å². The number of aryl methyl sites for hydroxylation is 1. The number of urea groups is 1. The number of carboxylic acid groups (broad SMARTS) is 1. The number of nitrogens with one attached hydrogen (secondary N) is 1. The predicted octanol–water partition coefficient (Wildman–Crippen LogP) is 1.82. The first-order valence-corrected chi connectivity index (χ1v) is 7.89. The Balaban J connectivity index is 2.00. The zero-order valence-electron chi connectivity index (χ0n) is 12.0. The molecule has 7 nitrogen and oxygen atoms in total. The molecule has 0 radical (unpaired) electrons. The van der Waals surface area contributed by atoms with E-state index in [2.05, 4.69) is 10.3 Å². The van der Waals surface area contributed by atoms with Crippen molar-refractivity contribution < 1.29 is 19.1 Å². The van der Waals surface area contributed by atoms with E-state index in [1.807, 2.05) is 6.92 Å². The summed E-state index contributed by atoms with van der Waals surface area (Å²) in [7, 11) is 0. The second kappa shape index (κ2) is 6.84. The molecule has 1 fully saturated rings. The van der Waals surface area contributed by atoms with E-state index in [1.165, 1.54) is 16.7 Å². The van der Waals surface area contributed by atoms with Crippen molar-refractivity contribution in [3.05, 3.63) is 17.8 Å². The van der Waals surface area contributed by atoms with Crippen LogP contribution < -0.4 is 5.32 Å². The molecule has 0 saturated carbocycles. The van der Waals surface area contributed by atoms with E-state index in [4.69, 9.17) is 4.42 Å². The SMILES string of the molecule is CCCC1SCC(C(=O)O)N1C(=O)NCc1ncc(C)o1. The third-order valence-electron chi connectivity index (χ3n) is 3.21. The van der Waals surface area contributed by atoms with Gasteiger partial charge in [0.25, 0.3) is 0 Å². The molecule has 2 atom stereocenters. The number of aliphatic carboxylic acids is 1. The molecule has 2 rings (SSSR count). The second-order valence-electron chi connectivity index (χ2n) is 4.86. The first-order chi connectivity index (χ1) is 10.0. The normalized spacial score (nSPS) is 21.5. The highest BCUT2D eigenvalue weighted by atomic mass is 32.2. The fourth-order valence-electron chi connectivity index (χ4n) is 2.22. The van der Waals surface area contributed by atoms with Crippen molar-refractivity contribution in [1.29, 1.82) is 0 Å². The van der Waals surface area contributed by atoms with Gasteiger partial charge in [-0.2, -0.15) is 0 Å². The van der Waals surface area contributed by atoms with E-state index >= 15 is 0 Å². The molecule has 1 aromatic rings. The third-order valence-corrected chi connectivity index (χ3v) is 4.56. The number of oxazole rings is 1. The molecule has 2 N–H and O–H groups in total. The minimum absolute atomic E-state index is 0.0950. The average Bonchev–Trinajstić information content (AvgIpc) is 3.03. The van der Waals surface area contributed by atoms with Gasteiger partial charge in [0.2, 0.25) is 5.89 Å². The number of rotatable bonds is 5. The summed E-state index contributed by atoms with van der Waals surface area (Å²) < 4.78 is 5.28. The van der Waals surface area contributed by atoms with Gasteiger partial charge in [-0.05, 0) is 13.3 Å². The van der Waals surface area contributed by atoms with E-state index in [0.29, 0.717) is 17.4 Å². The summed E-state index contributed by atoms with van der Waals surface area (Å²) in [5.74, 6) is 0.531. The number of amides is 2. The molecule has 1 saturated heterocycles. The van der Waals surface area contributed by atoms with E-state index in [0.717, 1.165) is 12.8 Å². The molecule has 0 aliphatic carbocycles. The molecular weight excluding hydrogens is 294 g/mol. The highest BCUT2D eigenvalue weighted by molar-refractivity contribution is 8.00. The number of carbonyl (C=O) groups excluding carboxylic acids is 1. The van der Waals surface area contributed by atoms with Crippen LogP contribution in [0, 0.1) is 6.92 Å². The molecule has 21 heavy (non-hydrogen) atoms. The van der Waals surface area contributed by atoms with Crippen molar-refractivity contribution in [2.75, 3.05) is 5.75 Å². The standard InChI is InChI=1S/C13H19N3O4S/c1-3-4-11-16(9(7-21-11)12(17)18)13(19)15-6-10-14-5-8(2)20-10/h5,9,11H,3-4,6-7H2,1-2H3,(H,15,19)(H,17,18). The second-order valence-corrected chi connectivity index (χ2v) is 6.07. The molecular formula is C13H19N3O4S. The maximum Gasteiger partial charge on any atom is 0.327 e. The number of hydrogen-bond donors (Lipinski definition) is 2. The van der Waals surface area contributed by atoms with Gasteiger partial charge in [0, 0.05) is 5.75 Å². The van der Waals surface area contributed by atoms with Crippen molar-refractivity contribution in [3.8, 4) is 0 Å². The summed E-state index contributed by atoms with van der Waals surface area (Å²) >= 11 is 1.51. The number of thioether (sulfide) groups is 1. The summed E-state index contributed by atoms with van der Waals surface area (Å²) in [6, 6.07) is -1.17. The van der Waals surface area contributed by atoms with Crippen LogP contribution in [0.3, 0.4) is 0 Å². The van der Waals surface area contributed by atoms with Crippen LogP contribution in [0.25, 0.3) is 0 Å². The predicted molar refractivity (Wildman–Crippen MR) is 77.9 cm³/mol. The molecule has 0 aromatic carbocycles. The van der Waals surface area contributed by atoms with E-state index in [1.54, 1.807) is 13.1 Å². The van der Waals surface area contributed by atoms with Gasteiger partial charge in [-0.1, -0.05) is 13.3 Å². The molecule has 2 amide bonds. The van der Waals surface area contributed by atoms with E-state index < -0.39 is 12.0 Å². The minimum atomic E-state index is -0.969. The van der Waals surface area contributed by atoms with Crippen LogP contribution in [0.4, 0.5) is 4.79 Å². The van der Waals surface area contributed by atoms with Crippen LogP contribution in [0.2, 0.25) is 0 Å². The van der Waals surface area contributed by atoms with Crippen LogP contribution in [0.15, 0.2) is 10.6 Å². The van der Waals surface area contributed by atoms with Crippen molar-refractivity contribution in [2.45, 2.75) is 44.6 Å². The van der Waals surface area contributed by atoms with Crippen molar-refractivity contribution in [2.24, 2.45) is 0 Å². The molecule has 1 aliphatic heterocycles. The highest BCUT2D eigenvalue weighted by Gasteiger charge is 2.41. The smallest absolute Gasteiger partial charge is 0.327 e. The van der Waals surface area contributed by atoms with E-state index in [-0.39, 0.29) is 17.9 Å². The van der Waals surface area contributed by atoms with Gasteiger partial charge in [-0.3, -0.25) is 4.90 Å². The Bertz CT molecular complexity index is 519. The molecule has 2 heterocycles. The van der Waals surface area contributed by atoms with Crippen molar-refractivity contribution in [3.63, 3.8) is 0 Å². The highest BCUT2D eigenvalue weighted by Crippen LogP contribution is 2.32. The van der Waals surface area contributed by atoms with Gasteiger partial charge < -0.3 is 14.8 Å². The first kappa shape index (κ1) is 15.7. The molecule has 1 aromatic heterocycles. The summed E-state index contributed by atoms with van der Waals surface area (Å²) in [5.41, 5.74) is 0.